The zero-order chi connectivity index (χ0) is 28.0. The smallest absolute Gasteiger partial charge is 0.252 e. The van der Waals surface area contributed by atoms with E-state index >= 15 is 0 Å². The Morgan fingerprint density at radius 1 is 1.05 bits per heavy atom. The first kappa shape index (κ1) is 25.3. The Labute approximate surface area is 238 Å². The highest BCUT2D eigenvalue weighted by atomic mass is 16.6. The fraction of sp³-hybridized carbons (Fsp3) is 0.424. The van der Waals surface area contributed by atoms with E-state index in [1.165, 1.54) is 0 Å². The first-order valence-electron chi connectivity index (χ1n) is 14.8. The third-order valence-corrected chi connectivity index (χ3v) is 9.93. The molecule has 3 aliphatic heterocycles. The quantitative estimate of drug-likeness (QED) is 0.270. The molecule has 3 aliphatic rings. The lowest BCUT2D eigenvalue weighted by molar-refractivity contribution is -0.267. The lowest BCUT2D eigenvalue weighted by Gasteiger charge is -2.50. The SMILES string of the molecule is CO[C@@H]1[C@H](N(C)CCCCCO)C[C@H]2O[C@]1(C)n1c3ccccc3c3c4c(c5c6ccccc6n2c5c31)C(=O)NC4. The Bertz CT molecular complexity index is 1870. The van der Waals surface area contributed by atoms with Gasteiger partial charge >= 0.3 is 0 Å². The molecule has 2 aromatic heterocycles. The third-order valence-electron chi connectivity index (χ3n) is 9.93. The minimum Gasteiger partial charge on any atom is -0.396 e. The molecule has 1 fully saturated rings. The van der Waals surface area contributed by atoms with Gasteiger partial charge in [0.05, 0.1) is 27.6 Å². The fourth-order valence-electron chi connectivity index (χ4n) is 8.26. The number of nitrogens with zero attached hydrogens (tertiary/aromatic N) is 3. The highest BCUT2D eigenvalue weighted by molar-refractivity contribution is 6.31. The molecule has 1 amide bonds. The van der Waals surface area contributed by atoms with Crippen LogP contribution in [0.2, 0.25) is 0 Å². The second kappa shape index (κ2) is 9.03. The van der Waals surface area contributed by atoms with E-state index in [1.54, 1.807) is 7.11 Å². The van der Waals surface area contributed by atoms with Crippen LogP contribution in [0.1, 0.15) is 54.8 Å². The van der Waals surface area contributed by atoms with Gasteiger partial charge in [-0.15, -0.1) is 0 Å². The predicted molar refractivity (Wildman–Crippen MR) is 160 cm³/mol. The van der Waals surface area contributed by atoms with Crippen molar-refractivity contribution in [1.29, 1.82) is 0 Å². The molecular weight excluding hydrogens is 516 g/mol. The average Bonchev–Trinajstić information content (AvgIpc) is 3.62. The maximum absolute atomic E-state index is 13.5. The molecule has 0 radical (unpaired) electrons. The normalized spacial score (nSPS) is 25.2. The van der Waals surface area contributed by atoms with E-state index in [-0.39, 0.29) is 30.9 Å². The van der Waals surface area contributed by atoms with Gasteiger partial charge in [0.15, 0.2) is 5.72 Å². The van der Waals surface area contributed by atoms with Crippen molar-refractivity contribution >= 4 is 49.5 Å². The zero-order valence-corrected chi connectivity index (χ0v) is 23.8. The van der Waals surface area contributed by atoms with Crippen molar-refractivity contribution in [3.05, 3.63) is 59.7 Å². The summed E-state index contributed by atoms with van der Waals surface area (Å²) in [5.41, 5.74) is 5.43. The maximum Gasteiger partial charge on any atom is 0.252 e. The number of para-hydroxylation sites is 2. The number of aliphatic hydroxyl groups excluding tert-OH is 1. The van der Waals surface area contributed by atoms with E-state index < -0.39 is 5.72 Å². The van der Waals surface area contributed by atoms with E-state index in [4.69, 9.17) is 9.47 Å². The average molecular weight is 553 g/mol. The number of rotatable bonds is 7. The zero-order valence-electron chi connectivity index (χ0n) is 23.8. The van der Waals surface area contributed by atoms with Crippen LogP contribution < -0.4 is 5.32 Å². The van der Waals surface area contributed by atoms with Gasteiger partial charge in [-0.05, 0) is 57.5 Å². The van der Waals surface area contributed by atoms with E-state index in [9.17, 15) is 9.90 Å². The molecule has 3 aromatic carbocycles. The summed E-state index contributed by atoms with van der Waals surface area (Å²) in [7, 11) is 3.99. The van der Waals surface area contributed by atoms with Crippen molar-refractivity contribution in [2.75, 3.05) is 27.3 Å². The molecule has 41 heavy (non-hydrogen) atoms. The molecule has 4 atom stereocenters. The Balaban J connectivity index is 1.49. The lowest BCUT2D eigenvalue weighted by Crippen LogP contribution is -2.60. The number of hydrogen-bond acceptors (Lipinski definition) is 5. The molecule has 8 heteroatoms. The standard InChI is InChI=1S/C33H36N4O4/c1-33-31(40-3)24(35(2)15-9-4-10-16-38)17-25(41-33)36-22-13-7-5-11-19(22)27-28-21(18-34-32(28)39)26-20-12-6-8-14-23(20)37(33)30(26)29(27)36/h5-8,11-14,24-25,31,38H,4,9-10,15-18H2,1-3H3,(H,34,39)/t24-,25-,31-,33+/m1/s1. The fourth-order valence-corrected chi connectivity index (χ4v) is 8.26. The minimum atomic E-state index is -0.805. The van der Waals surface area contributed by atoms with Gasteiger partial charge in [-0.25, -0.2) is 0 Å². The molecular formula is C33H36N4O4. The topological polar surface area (TPSA) is 80.9 Å². The van der Waals surface area contributed by atoms with E-state index in [1.807, 2.05) is 0 Å². The second-order valence-electron chi connectivity index (χ2n) is 12.1. The number of nitrogens with one attached hydrogen (secondary N) is 1. The number of ether oxygens (including phenoxy) is 2. The number of benzene rings is 3. The van der Waals surface area contributed by atoms with Gasteiger partial charge in [-0.3, -0.25) is 4.79 Å². The van der Waals surface area contributed by atoms with E-state index in [0.717, 1.165) is 87.0 Å². The van der Waals surface area contributed by atoms with Crippen LogP contribution in [0.25, 0.3) is 43.6 Å². The highest BCUT2D eigenvalue weighted by Gasteiger charge is 2.54. The predicted octanol–water partition coefficient (Wildman–Crippen LogP) is 5.23. The maximum atomic E-state index is 13.5. The van der Waals surface area contributed by atoms with E-state index in [2.05, 4.69) is 81.9 Å². The molecule has 2 N–H and O–H groups in total. The number of aliphatic hydroxyl groups is 1. The van der Waals surface area contributed by atoms with Crippen LogP contribution in [0.5, 0.6) is 0 Å². The highest BCUT2D eigenvalue weighted by Crippen LogP contribution is 2.54. The molecule has 5 heterocycles. The van der Waals surface area contributed by atoms with Gasteiger partial charge in [0.2, 0.25) is 0 Å². The number of unbranched alkanes of at least 4 members (excludes halogenated alkanes) is 2. The Morgan fingerprint density at radius 2 is 1.78 bits per heavy atom. The third kappa shape index (κ3) is 3.22. The van der Waals surface area contributed by atoms with Crippen molar-refractivity contribution in [3.8, 4) is 0 Å². The molecule has 0 saturated carbocycles. The molecule has 0 spiro atoms. The summed E-state index contributed by atoms with van der Waals surface area (Å²) < 4.78 is 18.4. The number of fused-ring (bicyclic) bond motifs is 13. The van der Waals surface area contributed by atoms with Gasteiger partial charge in [-0.1, -0.05) is 36.4 Å². The van der Waals surface area contributed by atoms with Crippen LogP contribution in [-0.4, -0.2) is 64.5 Å². The number of carbonyl (C=O) groups excluding carboxylic acids is 1. The van der Waals surface area contributed by atoms with Crippen LogP contribution in [0.3, 0.4) is 0 Å². The summed E-state index contributed by atoms with van der Waals surface area (Å²) in [6, 6.07) is 17.1. The summed E-state index contributed by atoms with van der Waals surface area (Å²) in [5, 5.41) is 16.8. The first-order valence-corrected chi connectivity index (χ1v) is 14.8. The molecule has 212 valence electrons. The number of likely N-dealkylation sites (N-methyl/N-ethyl adjacent to an activating group) is 1. The van der Waals surface area contributed by atoms with Gasteiger partial charge in [0, 0.05) is 54.3 Å². The monoisotopic (exact) mass is 552 g/mol. The number of aromatic nitrogens is 2. The molecule has 8 nitrogen and oxygen atoms in total. The van der Waals surface area contributed by atoms with Gasteiger partial charge in [0.1, 0.15) is 12.3 Å². The number of amides is 1. The van der Waals surface area contributed by atoms with Crippen LogP contribution in [-0.2, 0) is 21.7 Å². The van der Waals surface area contributed by atoms with Crippen molar-refractivity contribution in [1.82, 2.24) is 19.4 Å². The Kier molecular flexibility index (Phi) is 5.57. The second-order valence-corrected chi connectivity index (χ2v) is 12.1. The summed E-state index contributed by atoms with van der Waals surface area (Å²) in [6.45, 7) is 3.85. The summed E-state index contributed by atoms with van der Waals surface area (Å²) >= 11 is 0. The molecule has 2 bridgehead atoms. The van der Waals surface area contributed by atoms with Crippen molar-refractivity contribution in [2.45, 2.75) is 63.3 Å². The Morgan fingerprint density at radius 3 is 2.54 bits per heavy atom. The van der Waals surface area contributed by atoms with Crippen molar-refractivity contribution in [2.24, 2.45) is 0 Å². The van der Waals surface area contributed by atoms with Crippen LogP contribution >= 0.6 is 0 Å². The lowest BCUT2D eigenvalue weighted by atomic mass is 9.91. The largest absolute Gasteiger partial charge is 0.396 e. The van der Waals surface area contributed by atoms with Gasteiger partial charge in [-0.2, -0.15) is 0 Å². The van der Waals surface area contributed by atoms with Crippen molar-refractivity contribution < 1.29 is 19.4 Å². The molecule has 5 aromatic rings. The molecule has 0 aliphatic carbocycles. The minimum absolute atomic E-state index is 0.00348. The summed E-state index contributed by atoms with van der Waals surface area (Å²) in [4.78, 5) is 15.9. The molecule has 0 unspecified atom stereocenters. The summed E-state index contributed by atoms with van der Waals surface area (Å²) in [5.74, 6) is -0.00348. The van der Waals surface area contributed by atoms with Crippen LogP contribution in [0.4, 0.5) is 0 Å². The van der Waals surface area contributed by atoms with Crippen molar-refractivity contribution in [3.63, 3.8) is 0 Å². The number of hydrogen-bond donors (Lipinski definition) is 2. The molecule has 8 rings (SSSR count). The van der Waals surface area contributed by atoms with Crippen LogP contribution in [0.15, 0.2) is 48.5 Å². The summed E-state index contributed by atoms with van der Waals surface area (Å²) in [6.07, 6.45) is 3.10. The van der Waals surface area contributed by atoms with Gasteiger partial charge in [0.25, 0.3) is 5.91 Å². The Hall–Kier alpha value is -3.43. The molecule has 1 saturated heterocycles. The number of carbonyl (C=O) groups is 1. The van der Waals surface area contributed by atoms with E-state index in [0.29, 0.717) is 6.54 Å². The number of methoxy groups -OCH3 is 1. The van der Waals surface area contributed by atoms with Crippen LogP contribution in [0, 0.1) is 0 Å². The first-order chi connectivity index (χ1) is 20.0. The van der Waals surface area contributed by atoms with Gasteiger partial charge < -0.3 is 33.9 Å².